The van der Waals surface area contributed by atoms with E-state index in [1.807, 2.05) is 12.3 Å². The third kappa shape index (κ3) is 3.79. The Balaban J connectivity index is 2.06. The van der Waals surface area contributed by atoms with Crippen molar-refractivity contribution in [1.29, 1.82) is 0 Å². The molecule has 1 unspecified atom stereocenters. The zero-order valence-electron chi connectivity index (χ0n) is 10.5. The van der Waals surface area contributed by atoms with Gasteiger partial charge in [-0.05, 0) is 25.0 Å². The van der Waals surface area contributed by atoms with E-state index in [1.54, 1.807) is 11.3 Å². The Hall–Kier alpha value is -1.37. The van der Waals surface area contributed by atoms with E-state index in [2.05, 4.69) is 10.4 Å². The summed E-state index contributed by atoms with van der Waals surface area (Å²) in [7, 11) is 0. The minimum absolute atomic E-state index is 0.134. The van der Waals surface area contributed by atoms with Crippen molar-refractivity contribution < 1.29 is 8.78 Å². The van der Waals surface area contributed by atoms with E-state index in [9.17, 15) is 8.78 Å². The highest BCUT2D eigenvalue weighted by atomic mass is 32.1. The fourth-order valence-electron chi connectivity index (χ4n) is 1.85. The van der Waals surface area contributed by atoms with Gasteiger partial charge in [0.05, 0.1) is 5.01 Å². The van der Waals surface area contributed by atoms with Crippen molar-refractivity contribution in [3.8, 4) is 0 Å². The standard InChI is InChI=1S/C13H15F2N3S/c1-8-7-19-13(17-8)6-11(18-16)4-9-2-3-10(14)5-12(9)15/h2-3,5,7,11,18H,4,6,16H2,1H3. The maximum atomic E-state index is 13.6. The summed E-state index contributed by atoms with van der Waals surface area (Å²) in [6.45, 7) is 1.92. The van der Waals surface area contributed by atoms with Gasteiger partial charge < -0.3 is 0 Å². The number of hydrazine groups is 1. The van der Waals surface area contributed by atoms with E-state index in [1.165, 1.54) is 12.1 Å². The highest BCUT2D eigenvalue weighted by molar-refractivity contribution is 7.09. The predicted octanol–water partition coefficient (Wildman–Crippen LogP) is 2.35. The van der Waals surface area contributed by atoms with E-state index in [0.29, 0.717) is 18.4 Å². The topological polar surface area (TPSA) is 50.9 Å². The molecule has 0 amide bonds. The molecule has 102 valence electrons. The fourth-order valence-corrected chi connectivity index (χ4v) is 2.70. The van der Waals surface area contributed by atoms with Gasteiger partial charge in [-0.15, -0.1) is 11.3 Å². The molecule has 1 heterocycles. The van der Waals surface area contributed by atoms with Crippen molar-refractivity contribution in [1.82, 2.24) is 10.4 Å². The van der Waals surface area contributed by atoms with Crippen LogP contribution in [0.3, 0.4) is 0 Å². The normalized spacial score (nSPS) is 12.6. The molecule has 0 aliphatic heterocycles. The van der Waals surface area contributed by atoms with Gasteiger partial charge in [-0.25, -0.2) is 13.8 Å². The van der Waals surface area contributed by atoms with Crippen LogP contribution in [0.5, 0.6) is 0 Å². The number of hydrogen-bond acceptors (Lipinski definition) is 4. The van der Waals surface area contributed by atoms with Crippen LogP contribution in [-0.4, -0.2) is 11.0 Å². The lowest BCUT2D eigenvalue weighted by atomic mass is 10.0. The Morgan fingerprint density at radius 2 is 2.16 bits per heavy atom. The molecule has 0 saturated heterocycles. The number of aromatic nitrogens is 1. The molecular weight excluding hydrogens is 268 g/mol. The van der Waals surface area contributed by atoms with Crippen LogP contribution in [0.15, 0.2) is 23.6 Å². The summed E-state index contributed by atoms with van der Waals surface area (Å²) in [4.78, 5) is 4.35. The molecule has 0 aliphatic rings. The lowest BCUT2D eigenvalue weighted by Crippen LogP contribution is -2.38. The van der Waals surface area contributed by atoms with Crippen molar-refractivity contribution in [3.63, 3.8) is 0 Å². The lowest BCUT2D eigenvalue weighted by Gasteiger charge is -2.15. The Labute approximate surface area is 114 Å². The van der Waals surface area contributed by atoms with Gasteiger partial charge >= 0.3 is 0 Å². The second kappa shape index (κ2) is 6.18. The second-order valence-electron chi connectivity index (χ2n) is 4.39. The molecule has 6 heteroatoms. The third-order valence-corrected chi connectivity index (χ3v) is 3.79. The Kier molecular flexibility index (Phi) is 4.57. The van der Waals surface area contributed by atoms with Crippen LogP contribution < -0.4 is 11.3 Å². The van der Waals surface area contributed by atoms with Crippen molar-refractivity contribution in [2.75, 3.05) is 0 Å². The predicted molar refractivity (Wildman–Crippen MR) is 71.7 cm³/mol. The number of hydrogen-bond donors (Lipinski definition) is 2. The van der Waals surface area contributed by atoms with Gasteiger partial charge in [0.1, 0.15) is 11.6 Å². The van der Waals surface area contributed by atoms with Crippen molar-refractivity contribution in [3.05, 3.63) is 51.5 Å². The number of aryl methyl sites for hydroxylation is 1. The molecule has 19 heavy (non-hydrogen) atoms. The van der Waals surface area contributed by atoms with E-state index in [0.717, 1.165) is 16.8 Å². The van der Waals surface area contributed by atoms with Crippen LogP contribution in [0.1, 0.15) is 16.3 Å². The summed E-state index contributed by atoms with van der Waals surface area (Å²) < 4.78 is 26.4. The molecule has 1 aromatic heterocycles. The molecule has 0 bridgehead atoms. The molecule has 0 radical (unpaired) electrons. The van der Waals surface area contributed by atoms with E-state index < -0.39 is 11.6 Å². The number of halogens is 2. The zero-order chi connectivity index (χ0) is 13.8. The third-order valence-electron chi connectivity index (χ3n) is 2.80. The lowest BCUT2D eigenvalue weighted by molar-refractivity contribution is 0.501. The molecule has 1 atom stereocenters. The molecule has 1 aromatic carbocycles. The van der Waals surface area contributed by atoms with Crippen LogP contribution in [0.2, 0.25) is 0 Å². The van der Waals surface area contributed by atoms with Gasteiger partial charge in [-0.3, -0.25) is 11.3 Å². The molecule has 0 spiro atoms. The van der Waals surface area contributed by atoms with Crippen LogP contribution in [0, 0.1) is 18.6 Å². The molecular formula is C13H15F2N3S. The first-order valence-electron chi connectivity index (χ1n) is 5.89. The highest BCUT2D eigenvalue weighted by Crippen LogP contribution is 2.16. The molecule has 3 nitrogen and oxygen atoms in total. The smallest absolute Gasteiger partial charge is 0.129 e. The summed E-state index contributed by atoms with van der Waals surface area (Å²) in [5.41, 5.74) is 4.06. The van der Waals surface area contributed by atoms with Crippen LogP contribution >= 0.6 is 11.3 Å². The largest absolute Gasteiger partial charge is 0.271 e. The van der Waals surface area contributed by atoms with Crippen molar-refractivity contribution in [2.24, 2.45) is 5.84 Å². The summed E-state index contributed by atoms with van der Waals surface area (Å²) in [5.74, 6) is 4.36. The van der Waals surface area contributed by atoms with Crippen LogP contribution in [0.25, 0.3) is 0 Å². The van der Waals surface area contributed by atoms with E-state index in [4.69, 9.17) is 5.84 Å². The number of thiazole rings is 1. The van der Waals surface area contributed by atoms with Gasteiger partial charge in [-0.2, -0.15) is 0 Å². The molecule has 2 rings (SSSR count). The summed E-state index contributed by atoms with van der Waals surface area (Å²) >= 11 is 1.55. The first kappa shape index (κ1) is 14.0. The fraction of sp³-hybridized carbons (Fsp3) is 0.308. The maximum absolute atomic E-state index is 13.6. The second-order valence-corrected chi connectivity index (χ2v) is 5.33. The van der Waals surface area contributed by atoms with Crippen LogP contribution in [0.4, 0.5) is 8.78 Å². The van der Waals surface area contributed by atoms with E-state index in [-0.39, 0.29) is 6.04 Å². The van der Waals surface area contributed by atoms with Gasteiger partial charge in [0.25, 0.3) is 0 Å². The monoisotopic (exact) mass is 283 g/mol. The first-order chi connectivity index (χ1) is 9.08. The number of benzene rings is 1. The SMILES string of the molecule is Cc1csc(CC(Cc2ccc(F)cc2F)NN)n1. The maximum Gasteiger partial charge on any atom is 0.129 e. The molecule has 2 aromatic rings. The Morgan fingerprint density at radius 1 is 1.37 bits per heavy atom. The highest BCUT2D eigenvalue weighted by Gasteiger charge is 2.14. The van der Waals surface area contributed by atoms with Gasteiger partial charge in [0, 0.05) is 29.6 Å². The first-order valence-corrected chi connectivity index (χ1v) is 6.77. The van der Waals surface area contributed by atoms with Gasteiger partial charge in [0.2, 0.25) is 0 Å². The quantitative estimate of drug-likeness (QED) is 0.654. The van der Waals surface area contributed by atoms with Crippen LogP contribution in [-0.2, 0) is 12.8 Å². The van der Waals surface area contributed by atoms with E-state index >= 15 is 0 Å². The Morgan fingerprint density at radius 3 is 2.74 bits per heavy atom. The molecule has 3 N–H and O–H groups in total. The summed E-state index contributed by atoms with van der Waals surface area (Å²) in [6, 6.07) is 3.45. The number of rotatable bonds is 5. The molecule has 0 saturated carbocycles. The zero-order valence-corrected chi connectivity index (χ0v) is 11.3. The minimum Gasteiger partial charge on any atom is -0.271 e. The average Bonchev–Trinajstić information content (AvgIpc) is 2.77. The summed E-state index contributed by atoms with van der Waals surface area (Å²) in [5, 5.41) is 2.91. The average molecular weight is 283 g/mol. The van der Waals surface area contributed by atoms with Gasteiger partial charge in [-0.1, -0.05) is 6.07 Å². The molecule has 0 aliphatic carbocycles. The molecule has 0 fully saturated rings. The van der Waals surface area contributed by atoms with Crippen molar-refractivity contribution >= 4 is 11.3 Å². The van der Waals surface area contributed by atoms with Gasteiger partial charge in [0.15, 0.2) is 0 Å². The Bertz CT molecular complexity index is 557. The number of nitrogens with one attached hydrogen (secondary N) is 1. The summed E-state index contributed by atoms with van der Waals surface area (Å²) in [6.07, 6.45) is 1.01. The number of nitrogens with zero attached hydrogens (tertiary/aromatic N) is 1. The van der Waals surface area contributed by atoms with Crippen molar-refractivity contribution in [2.45, 2.75) is 25.8 Å². The number of nitrogens with two attached hydrogens (primary N) is 1. The minimum atomic E-state index is -0.575.